The molecule has 0 saturated heterocycles. The standard InChI is InChI=1S/C15H17N3O3/c1-20-10-4-6-13(14(8-10)21-2)18-12-5-3-9(15(17)19)7-11(12)16/h3-8,18H,16H2,1-2H3,(H2,17,19). The number of carbonyl (C=O) groups excluding carboxylic acids is 1. The van der Waals surface area contributed by atoms with Gasteiger partial charge in [0.2, 0.25) is 5.91 Å². The summed E-state index contributed by atoms with van der Waals surface area (Å²) in [6.45, 7) is 0. The number of hydrogen-bond donors (Lipinski definition) is 3. The van der Waals surface area contributed by atoms with E-state index in [1.807, 2.05) is 6.07 Å². The number of primary amides is 1. The van der Waals surface area contributed by atoms with Crippen LogP contribution in [0.25, 0.3) is 0 Å². The Morgan fingerprint density at radius 3 is 2.33 bits per heavy atom. The smallest absolute Gasteiger partial charge is 0.248 e. The Labute approximate surface area is 122 Å². The Bertz CT molecular complexity index is 671. The summed E-state index contributed by atoms with van der Waals surface area (Å²) < 4.78 is 10.4. The number of benzene rings is 2. The summed E-state index contributed by atoms with van der Waals surface area (Å²) in [5.74, 6) is 0.789. The van der Waals surface area contributed by atoms with Gasteiger partial charge in [-0.1, -0.05) is 0 Å². The van der Waals surface area contributed by atoms with Gasteiger partial charge in [-0.15, -0.1) is 0 Å². The molecule has 0 unspecified atom stereocenters. The van der Waals surface area contributed by atoms with Crippen molar-refractivity contribution in [1.29, 1.82) is 0 Å². The summed E-state index contributed by atoms with van der Waals surface area (Å²) in [5, 5.41) is 3.15. The highest BCUT2D eigenvalue weighted by Gasteiger charge is 2.09. The molecule has 5 N–H and O–H groups in total. The van der Waals surface area contributed by atoms with Crippen molar-refractivity contribution < 1.29 is 14.3 Å². The molecule has 0 heterocycles. The fourth-order valence-electron chi connectivity index (χ4n) is 1.88. The summed E-state index contributed by atoms with van der Waals surface area (Å²) in [6, 6.07) is 10.2. The third kappa shape index (κ3) is 3.17. The van der Waals surface area contributed by atoms with E-state index >= 15 is 0 Å². The summed E-state index contributed by atoms with van der Waals surface area (Å²) in [6.07, 6.45) is 0. The average molecular weight is 287 g/mol. The predicted molar refractivity (Wildman–Crippen MR) is 82.2 cm³/mol. The van der Waals surface area contributed by atoms with E-state index in [-0.39, 0.29) is 0 Å². The molecule has 2 rings (SSSR count). The number of methoxy groups -OCH3 is 2. The van der Waals surface area contributed by atoms with Crippen molar-refractivity contribution in [3.63, 3.8) is 0 Å². The van der Waals surface area contributed by atoms with Gasteiger partial charge in [-0.25, -0.2) is 0 Å². The minimum absolute atomic E-state index is 0.361. The fraction of sp³-hybridized carbons (Fsp3) is 0.133. The highest BCUT2D eigenvalue weighted by molar-refractivity contribution is 5.95. The van der Waals surface area contributed by atoms with Gasteiger partial charge in [0, 0.05) is 11.6 Å². The van der Waals surface area contributed by atoms with Crippen LogP contribution >= 0.6 is 0 Å². The van der Waals surface area contributed by atoms with Crippen LogP contribution in [-0.2, 0) is 0 Å². The third-order valence-electron chi connectivity index (χ3n) is 3.01. The first kappa shape index (κ1) is 14.5. The van der Waals surface area contributed by atoms with E-state index in [0.29, 0.717) is 28.4 Å². The third-order valence-corrected chi connectivity index (χ3v) is 3.01. The zero-order chi connectivity index (χ0) is 15.4. The van der Waals surface area contributed by atoms with E-state index in [4.69, 9.17) is 20.9 Å². The fourth-order valence-corrected chi connectivity index (χ4v) is 1.88. The number of hydrogen-bond acceptors (Lipinski definition) is 5. The van der Waals surface area contributed by atoms with Crippen molar-refractivity contribution in [3.05, 3.63) is 42.0 Å². The van der Waals surface area contributed by atoms with Crippen molar-refractivity contribution >= 4 is 23.0 Å². The molecule has 6 nitrogen and oxygen atoms in total. The van der Waals surface area contributed by atoms with Crippen LogP contribution in [0, 0.1) is 0 Å². The monoisotopic (exact) mass is 287 g/mol. The van der Waals surface area contributed by atoms with E-state index in [0.717, 1.165) is 5.69 Å². The first-order chi connectivity index (χ1) is 10.0. The van der Waals surface area contributed by atoms with E-state index in [1.54, 1.807) is 38.5 Å². The number of carbonyl (C=O) groups is 1. The molecule has 0 aliphatic rings. The van der Waals surface area contributed by atoms with Crippen molar-refractivity contribution in [1.82, 2.24) is 0 Å². The number of rotatable bonds is 5. The van der Waals surface area contributed by atoms with Gasteiger partial charge < -0.3 is 26.3 Å². The molecular formula is C15H17N3O3. The van der Waals surface area contributed by atoms with Crippen molar-refractivity contribution in [2.24, 2.45) is 5.73 Å². The Kier molecular flexibility index (Phi) is 4.18. The Balaban J connectivity index is 2.32. The molecule has 2 aromatic carbocycles. The van der Waals surface area contributed by atoms with Gasteiger partial charge >= 0.3 is 0 Å². The molecule has 0 aliphatic carbocycles. The average Bonchev–Trinajstić information content (AvgIpc) is 2.49. The van der Waals surface area contributed by atoms with Gasteiger partial charge in [-0.3, -0.25) is 4.79 Å². The van der Waals surface area contributed by atoms with E-state index < -0.39 is 5.91 Å². The summed E-state index contributed by atoms with van der Waals surface area (Å²) in [7, 11) is 3.15. The zero-order valence-electron chi connectivity index (χ0n) is 11.8. The van der Waals surface area contributed by atoms with Crippen LogP contribution in [0.4, 0.5) is 17.1 Å². The summed E-state index contributed by atoms with van der Waals surface area (Å²) >= 11 is 0. The van der Waals surface area contributed by atoms with Gasteiger partial charge in [-0.2, -0.15) is 0 Å². The van der Waals surface area contributed by atoms with Gasteiger partial charge in [0.25, 0.3) is 0 Å². The number of amides is 1. The molecule has 0 aromatic heterocycles. The summed E-state index contributed by atoms with van der Waals surface area (Å²) in [4.78, 5) is 11.1. The lowest BCUT2D eigenvalue weighted by Gasteiger charge is -2.14. The molecular weight excluding hydrogens is 270 g/mol. The molecule has 1 amide bonds. The van der Waals surface area contributed by atoms with Gasteiger partial charge in [0.05, 0.1) is 31.3 Å². The highest BCUT2D eigenvalue weighted by atomic mass is 16.5. The lowest BCUT2D eigenvalue weighted by atomic mass is 10.1. The molecule has 0 fully saturated rings. The van der Waals surface area contributed by atoms with Crippen LogP contribution in [0.5, 0.6) is 11.5 Å². The van der Waals surface area contributed by atoms with Gasteiger partial charge in [-0.05, 0) is 30.3 Å². The quantitative estimate of drug-likeness (QED) is 0.731. The van der Waals surface area contributed by atoms with Gasteiger partial charge in [0.15, 0.2) is 0 Å². The van der Waals surface area contributed by atoms with Crippen molar-refractivity contribution in [2.75, 3.05) is 25.3 Å². The van der Waals surface area contributed by atoms with Crippen LogP contribution in [0.3, 0.4) is 0 Å². The summed E-state index contributed by atoms with van der Waals surface area (Å²) in [5.41, 5.74) is 13.3. The molecule has 0 aliphatic heterocycles. The van der Waals surface area contributed by atoms with E-state index in [2.05, 4.69) is 5.32 Å². The topological polar surface area (TPSA) is 99.6 Å². The molecule has 2 aromatic rings. The number of nitrogens with two attached hydrogens (primary N) is 2. The van der Waals surface area contributed by atoms with Crippen LogP contribution in [0.2, 0.25) is 0 Å². The molecule has 0 radical (unpaired) electrons. The second-order valence-electron chi connectivity index (χ2n) is 4.36. The van der Waals surface area contributed by atoms with Crippen LogP contribution in [0.1, 0.15) is 10.4 Å². The normalized spacial score (nSPS) is 10.0. The number of anilines is 3. The molecule has 0 spiro atoms. The second kappa shape index (κ2) is 6.04. The molecule has 110 valence electrons. The number of nitrogens with one attached hydrogen (secondary N) is 1. The molecule has 21 heavy (non-hydrogen) atoms. The highest BCUT2D eigenvalue weighted by Crippen LogP contribution is 2.33. The van der Waals surface area contributed by atoms with E-state index in [9.17, 15) is 4.79 Å². The maximum atomic E-state index is 11.1. The minimum atomic E-state index is -0.518. The zero-order valence-corrected chi connectivity index (χ0v) is 11.8. The van der Waals surface area contributed by atoms with E-state index in [1.165, 1.54) is 6.07 Å². The number of ether oxygens (including phenoxy) is 2. The maximum absolute atomic E-state index is 11.1. The van der Waals surface area contributed by atoms with Crippen molar-refractivity contribution in [2.45, 2.75) is 0 Å². The molecule has 0 bridgehead atoms. The van der Waals surface area contributed by atoms with Crippen LogP contribution in [-0.4, -0.2) is 20.1 Å². The Morgan fingerprint density at radius 1 is 1.05 bits per heavy atom. The van der Waals surface area contributed by atoms with Crippen LogP contribution in [0.15, 0.2) is 36.4 Å². The lowest BCUT2D eigenvalue weighted by Crippen LogP contribution is -2.11. The number of nitrogen functional groups attached to an aromatic ring is 1. The minimum Gasteiger partial charge on any atom is -0.497 e. The lowest BCUT2D eigenvalue weighted by molar-refractivity contribution is 0.100. The first-order valence-corrected chi connectivity index (χ1v) is 6.23. The maximum Gasteiger partial charge on any atom is 0.248 e. The first-order valence-electron chi connectivity index (χ1n) is 6.23. The van der Waals surface area contributed by atoms with Crippen molar-refractivity contribution in [3.8, 4) is 11.5 Å². The second-order valence-corrected chi connectivity index (χ2v) is 4.36. The van der Waals surface area contributed by atoms with Crippen LogP contribution < -0.4 is 26.3 Å². The molecule has 0 saturated carbocycles. The predicted octanol–water partition coefficient (Wildman–Crippen LogP) is 2.13. The Morgan fingerprint density at radius 2 is 1.76 bits per heavy atom. The SMILES string of the molecule is COc1ccc(Nc2ccc(C(N)=O)cc2N)c(OC)c1. The largest absolute Gasteiger partial charge is 0.497 e. The molecule has 6 heteroatoms. The molecule has 0 atom stereocenters. The Hall–Kier alpha value is -2.89. The van der Waals surface area contributed by atoms with Gasteiger partial charge in [0.1, 0.15) is 11.5 Å².